The maximum absolute atomic E-state index is 12.3. The lowest BCUT2D eigenvalue weighted by molar-refractivity contribution is -0.134. The molecule has 0 spiro atoms. The summed E-state index contributed by atoms with van der Waals surface area (Å²) < 4.78 is 5.41. The minimum atomic E-state index is -0.878. The van der Waals surface area contributed by atoms with Gasteiger partial charge in [0.2, 0.25) is 5.91 Å². The molecular formula is C14H18N2O3. The lowest BCUT2D eigenvalue weighted by atomic mass is 10.00. The summed E-state index contributed by atoms with van der Waals surface area (Å²) in [5.74, 6) is 0.406. The van der Waals surface area contributed by atoms with E-state index in [9.17, 15) is 9.59 Å². The van der Waals surface area contributed by atoms with E-state index in [0.29, 0.717) is 18.0 Å². The van der Waals surface area contributed by atoms with Crippen LogP contribution in [0.4, 0.5) is 5.69 Å². The third kappa shape index (κ3) is 2.70. The van der Waals surface area contributed by atoms with Crippen LogP contribution in [0, 0.1) is 0 Å². The van der Waals surface area contributed by atoms with Gasteiger partial charge in [-0.15, -0.1) is 0 Å². The molecule has 0 unspecified atom stereocenters. The van der Waals surface area contributed by atoms with Crippen LogP contribution in [0.5, 0.6) is 5.75 Å². The van der Waals surface area contributed by atoms with Gasteiger partial charge in [0, 0.05) is 11.8 Å². The minimum Gasteiger partial charge on any atom is -0.494 e. The van der Waals surface area contributed by atoms with E-state index in [4.69, 9.17) is 4.74 Å². The molecule has 19 heavy (non-hydrogen) atoms. The third-order valence-electron chi connectivity index (χ3n) is 2.97. The number of hydrogen-bond donors (Lipinski definition) is 1. The first kappa shape index (κ1) is 13.4. The Balaban J connectivity index is 2.32. The van der Waals surface area contributed by atoms with Gasteiger partial charge in [0.05, 0.1) is 6.61 Å². The number of carbonyl (C=O) groups excluding carboxylic acids is 2. The van der Waals surface area contributed by atoms with Crippen LogP contribution in [-0.4, -0.2) is 30.5 Å². The van der Waals surface area contributed by atoms with Crippen molar-refractivity contribution in [3.8, 4) is 5.75 Å². The summed E-state index contributed by atoms with van der Waals surface area (Å²) in [5, 5.41) is 2.68. The predicted octanol–water partition coefficient (Wildman–Crippen LogP) is 1.33. The summed E-state index contributed by atoms with van der Waals surface area (Å²) in [6.07, 6.45) is 0. The van der Waals surface area contributed by atoms with Gasteiger partial charge in [-0.25, -0.2) is 0 Å². The molecule has 0 aromatic heterocycles. The Kier molecular flexibility index (Phi) is 3.46. The molecule has 1 heterocycles. The lowest BCUT2D eigenvalue weighted by Gasteiger charge is -2.37. The number of carbonyl (C=O) groups is 2. The Morgan fingerprint density at radius 1 is 1.37 bits per heavy atom. The first-order chi connectivity index (χ1) is 8.94. The fourth-order valence-corrected chi connectivity index (χ4v) is 2.11. The van der Waals surface area contributed by atoms with Crippen molar-refractivity contribution in [3.05, 3.63) is 24.3 Å². The highest BCUT2D eigenvalue weighted by molar-refractivity contribution is 6.08. The lowest BCUT2D eigenvalue weighted by Crippen LogP contribution is -2.64. The Hall–Kier alpha value is -2.04. The molecule has 2 amide bonds. The maximum atomic E-state index is 12.3. The van der Waals surface area contributed by atoms with Crippen molar-refractivity contribution < 1.29 is 14.3 Å². The fourth-order valence-electron chi connectivity index (χ4n) is 2.11. The summed E-state index contributed by atoms with van der Waals surface area (Å²) in [7, 11) is 0. The van der Waals surface area contributed by atoms with Crippen molar-refractivity contribution in [2.75, 3.05) is 18.1 Å². The first-order valence-electron chi connectivity index (χ1n) is 6.30. The second kappa shape index (κ2) is 4.91. The summed E-state index contributed by atoms with van der Waals surface area (Å²) in [4.78, 5) is 25.5. The Bertz CT molecular complexity index is 511. The maximum Gasteiger partial charge on any atom is 0.252 e. The van der Waals surface area contributed by atoms with Crippen LogP contribution in [0.1, 0.15) is 20.8 Å². The van der Waals surface area contributed by atoms with Crippen LogP contribution < -0.4 is 15.0 Å². The fraction of sp³-hybridized carbons (Fsp3) is 0.429. The van der Waals surface area contributed by atoms with Crippen LogP contribution in [0.2, 0.25) is 0 Å². The molecule has 1 aliphatic rings. The third-order valence-corrected chi connectivity index (χ3v) is 2.97. The number of anilines is 1. The van der Waals surface area contributed by atoms with E-state index in [2.05, 4.69) is 5.32 Å². The predicted molar refractivity (Wildman–Crippen MR) is 72.2 cm³/mol. The highest BCUT2D eigenvalue weighted by atomic mass is 16.5. The van der Waals surface area contributed by atoms with Gasteiger partial charge in [-0.1, -0.05) is 6.07 Å². The molecule has 1 aromatic carbocycles. The SMILES string of the molecule is CCOc1cccc(N2CC(=O)NC(C)(C)C2=O)c1. The zero-order valence-corrected chi connectivity index (χ0v) is 11.4. The monoisotopic (exact) mass is 262 g/mol. The van der Waals surface area contributed by atoms with Crippen molar-refractivity contribution in [2.45, 2.75) is 26.3 Å². The molecule has 0 aliphatic carbocycles. The average Bonchev–Trinajstić information content (AvgIpc) is 2.34. The van der Waals surface area contributed by atoms with E-state index in [1.807, 2.05) is 19.1 Å². The molecule has 1 fully saturated rings. The van der Waals surface area contributed by atoms with Crippen molar-refractivity contribution in [2.24, 2.45) is 0 Å². The number of nitrogens with one attached hydrogen (secondary N) is 1. The smallest absolute Gasteiger partial charge is 0.252 e. The normalized spacial score (nSPS) is 18.2. The Morgan fingerprint density at radius 3 is 2.79 bits per heavy atom. The Morgan fingerprint density at radius 2 is 2.11 bits per heavy atom. The number of ether oxygens (including phenoxy) is 1. The molecule has 5 nitrogen and oxygen atoms in total. The molecule has 2 rings (SSSR count). The molecule has 102 valence electrons. The molecule has 1 N–H and O–H groups in total. The average molecular weight is 262 g/mol. The number of amides is 2. The number of rotatable bonds is 3. The summed E-state index contributed by atoms with van der Waals surface area (Å²) in [6.45, 7) is 5.90. The van der Waals surface area contributed by atoms with E-state index in [0.717, 1.165) is 0 Å². The van der Waals surface area contributed by atoms with Crippen LogP contribution in [0.3, 0.4) is 0 Å². The first-order valence-corrected chi connectivity index (χ1v) is 6.30. The van der Waals surface area contributed by atoms with Gasteiger partial charge in [-0.2, -0.15) is 0 Å². The second-order valence-electron chi connectivity index (χ2n) is 4.99. The van der Waals surface area contributed by atoms with E-state index >= 15 is 0 Å². The van der Waals surface area contributed by atoms with E-state index in [-0.39, 0.29) is 18.4 Å². The highest BCUT2D eigenvalue weighted by Crippen LogP contribution is 2.25. The zero-order valence-electron chi connectivity index (χ0n) is 11.4. The summed E-state index contributed by atoms with van der Waals surface area (Å²) in [5.41, 5.74) is -0.199. The number of benzene rings is 1. The number of piperazine rings is 1. The van der Waals surface area contributed by atoms with Crippen molar-refractivity contribution in [1.82, 2.24) is 5.32 Å². The van der Waals surface area contributed by atoms with Crippen LogP contribution in [0.25, 0.3) is 0 Å². The van der Waals surface area contributed by atoms with E-state index in [1.54, 1.807) is 26.0 Å². The molecule has 0 saturated carbocycles. The topological polar surface area (TPSA) is 58.6 Å². The minimum absolute atomic E-state index is 0.0395. The van der Waals surface area contributed by atoms with E-state index < -0.39 is 5.54 Å². The largest absolute Gasteiger partial charge is 0.494 e. The number of hydrogen-bond acceptors (Lipinski definition) is 3. The highest BCUT2D eigenvalue weighted by Gasteiger charge is 2.39. The number of nitrogens with zero attached hydrogens (tertiary/aromatic N) is 1. The van der Waals surface area contributed by atoms with Gasteiger partial charge >= 0.3 is 0 Å². The molecule has 5 heteroatoms. The van der Waals surface area contributed by atoms with Gasteiger partial charge in [-0.3, -0.25) is 9.59 Å². The zero-order chi connectivity index (χ0) is 14.0. The second-order valence-corrected chi connectivity index (χ2v) is 4.99. The van der Waals surface area contributed by atoms with Gasteiger partial charge in [0.1, 0.15) is 17.8 Å². The van der Waals surface area contributed by atoms with E-state index in [1.165, 1.54) is 4.90 Å². The molecule has 0 atom stereocenters. The Labute approximate surface area is 112 Å². The van der Waals surface area contributed by atoms with Gasteiger partial charge in [-0.05, 0) is 32.9 Å². The summed E-state index contributed by atoms with van der Waals surface area (Å²) in [6, 6.07) is 7.21. The van der Waals surface area contributed by atoms with Crippen LogP contribution in [-0.2, 0) is 9.59 Å². The molecule has 1 aromatic rings. The van der Waals surface area contributed by atoms with Gasteiger partial charge < -0.3 is 15.0 Å². The van der Waals surface area contributed by atoms with Crippen molar-refractivity contribution >= 4 is 17.5 Å². The van der Waals surface area contributed by atoms with Gasteiger partial charge in [0.15, 0.2) is 0 Å². The van der Waals surface area contributed by atoms with Crippen molar-refractivity contribution in [3.63, 3.8) is 0 Å². The van der Waals surface area contributed by atoms with Gasteiger partial charge in [0.25, 0.3) is 5.91 Å². The quantitative estimate of drug-likeness (QED) is 0.894. The van der Waals surface area contributed by atoms with Crippen LogP contribution in [0.15, 0.2) is 24.3 Å². The molecular weight excluding hydrogens is 244 g/mol. The molecule has 0 bridgehead atoms. The summed E-state index contributed by atoms with van der Waals surface area (Å²) >= 11 is 0. The molecule has 1 saturated heterocycles. The standard InChI is InChI=1S/C14H18N2O3/c1-4-19-11-7-5-6-10(8-11)16-9-12(17)15-14(2,3)13(16)18/h5-8H,4,9H2,1-3H3,(H,15,17). The molecule has 1 aliphatic heterocycles. The molecule has 0 radical (unpaired) electrons. The van der Waals surface area contributed by atoms with Crippen LogP contribution >= 0.6 is 0 Å². The van der Waals surface area contributed by atoms with Crippen molar-refractivity contribution in [1.29, 1.82) is 0 Å².